The molecule has 0 unspecified atom stereocenters. The first-order valence-corrected chi connectivity index (χ1v) is 7.36. The van der Waals surface area contributed by atoms with Gasteiger partial charge in [-0.3, -0.25) is 4.79 Å². The van der Waals surface area contributed by atoms with Crippen molar-refractivity contribution in [1.29, 1.82) is 0 Å². The van der Waals surface area contributed by atoms with Crippen LogP contribution in [0.25, 0.3) is 0 Å². The topological polar surface area (TPSA) is 46.6 Å². The standard InChI is InChI=1S/C17H23NO3/c1-11(2)14-17(4,5)21-16(20)18(14)15(19)12(3)13-9-7-6-8-10-13/h6-12,14H,1-5H3/t12-,14-/m1/s1. The van der Waals surface area contributed by atoms with Crippen molar-refractivity contribution in [3.63, 3.8) is 0 Å². The van der Waals surface area contributed by atoms with Crippen molar-refractivity contribution in [2.75, 3.05) is 0 Å². The second kappa shape index (κ2) is 5.51. The van der Waals surface area contributed by atoms with Crippen LogP contribution in [0.15, 0.2) is 30.3 Å². The predicted octanol–water partition coefficient (Wildman–Crippen LogP) is 3.57. The fraction of sp³-hybridized carbons (Fsp3) is 0.529. The molecule has 0 spiro atoms. The van der Waals surface area contributed by atoms with Crippen LogP contribution in [0.2, 0.25) is 0 Å². The van der Waals surface area contributed by atoms with E-state index in [0.29, 0.717) is 0 Å². The SMILES string of the molecule is CC(C)[C@H]1N(C(=O)[C@H](C)c2ccccc2)C(=O)OC1(C)C. The number of hydrogen-bond acceptors (Lipinski definition) is 3. The molecule has 2 rings (SSSR count). The lowest BCUT2D eigenvalue weighted by Gasteiger charge is -2.32. The van der Waals surface area contributed by atoms with Gasteiger partial charge in [-0.2, -0.15) is 0 Å². The molecule has 1 aromatic carbocycles. The third-order valence-electron chi connectivity index (χ3n) is 4.08. The quantitative estimate of drug-likeness (QED) is 0.854. The van der Waals surface area contributed by atoms with E-state index in [-0.39, 0.29) is 23.8 Å². The molecule has 1 fully saturated rings. The lowest BCUT2D eigenvalue weighted by molar-refractivity contribution is -0.131. The molecule has 21 heavy (non-hydrogen) atoms. The summed E-state index contributed by atoms with van der Waals surface area (Å²) < 4.78 is 5.41. The monoisotopic (exact) mass is 289 g/mol. The van der Waals surface area contributed by atoms with Gasteiger partial charge in [-0.15, -0.1) is 0 Å². The van der Waals surface area contributed by atoms with Gasteiger partial charge in [-0.25, -0.2) is 9.69 Å². The van der Waals surface area contributed by atoms with Crippen LogP contribution in [-0.4, -0.2) is 28.5 Å². The van der Waals surface area contributed by atoms with Crippen molar-refractivity contribution < 1.29 is 14.3 Å². The Morgan fingerprint density at radius 3 is 2.29 bits per heavy atom. The number of ether oxygens (including phenoxy) is 1. The number of nitrogens with zero attached hydrogens (tertiary/aromatic N) is 1. The fourth-order valence-corrected chi connectivity index (χ4v) is 3.18. The minimum Gasteiger partial charge on any atom is -0.441 e. The minimum atomic E-state index is -0.655. The van der Waals surface area contributed by atoms with Crippen molar-refractivity contribution in [3.05, 3.63) is 35.9 Å². The summed E-state index contributed by atoms with van der Waals surface area (Å²) in [5.74, 6) is -0.428. The number of carbonyl (C=O) groups is 2. The van der Waals surface area contributed by atoms with Gasteiger partial charge in [0.25, 0.3) is 0 Å². The van der Waals surface area contributed by atoms with Crippen molar-refractivity contribution in [3.8, 4) is 0 Å². The average molecular weight is 289 g/mol. The highest BCUT2D eigenvalue weighted by molar-refractivity contribution is 5.97. The Morgan fingerprint density at radius 1 is 1.19 bits per heavy atom. The van der Waals surface area contributed by atoms with Gasteiger partial charge in [-0.05, 0) is 32.3 Å². The van der Waals surface area contributed by atoms with Gasteiger partial charge in [0.15, 0.2) is 0 Å². The van der Waals surface area contributed by atoms with Crippen molar-refractivity contribution in [2.24, 2.45) is 5.92 Å². The van der Waals surface area contributed by atoms with E-state index in [1.807, 2.05) is 65.0 Å². The number of imide groups is 1. The molecular formula is C17H23NO3. The Labute approximate surface area is 126 Å². The number of benzene rings is 1. The van der Waals surface area contributed by atoms with Gasteiger partial charge < -0.3 is 4.74 Å². The second-order valence-corrected chi connectivity index (χ2v) is 6.50. The van der Waals surface area contributed by atoms with E-state index in [1.165, 1.54) is 4.90 Å². The highest BCUT2D eigenvalue weighted by Gasteiger charge is 2.52. The van der Waals surface area contributed by atoms with E-state index in [2.05, 4.69) is 0 Å². The summed E-state index contributed by atoms with van der Waals surface area (Å²) in [6.45, 7) is 9.55. The van der Waals surface area contributed by atoms with Gasteiger partial charge in [0.1, 0.15) is 5.60 Å². The molecule has 1 heterocycles. The smallest absolute Gasteiger partial charge is 0.417 e. The molecule has 1 saturated heterocycles. The largest absolute Gasteiger partial charge is 0.441 e. The van der Waals surface area contributed by atoms with Crippen LogP contribution in [0.3, 0.4) is 0 Å². The summed E-state index contributed by atoms with van der Waals surface area (Å²) in [5, 5.41) is 0. The molecule has 0 radical (unpaired) electrons. The van der Waals surface area contributed by atoms with E-state index in [4.69, 9.17) is 4.74 Å². The number of hydrogen-bond donors (Lipinski definition) is 0. The summed E-state index contributed by atoms with van der Waals surface area (Å²) in [6.07, 6.45) is -0.536. The predicted molar refractivity (Wildman–Crippen MR) is 80.9 cm³/mol. The first-order chi connectivity index (χ1) is 9.75. The molecule has 0 aliphatic carbocycles. The minimum absolute atomic E-state index is 0.137. The lowest BCUT2D eigenvalue weighted by atomic mass is 9.88. The van der Waals surface area contributed by atoms with Crippen LogP contribution in [0.1, 0.15) is 46.1 Å². The van der Waals surface area contributed by atoms with E-state index in [9.17, 15) is 9.59 Å². The summed E-state index contributed by atoms with van der Waals surface area (Å²) in [4.78, 5) is 26.3. The highest BCUT2D eigenvalue weighted by atomic mass is 16.6. The highest BCUT2D eigenvalue weighted by Crippen LogP contribution is 2.36. The first-order valence-electron chi connectivity index (χ1n) is 7.36. The van der Waals surface area contributed by atoms with E-state index >= 15 is 0 Å². The number of cyclic esters (lactones) is 1. The van der Waals surface area contributed by atoms with Crippen molar-refractivity contribution >= 4 is 12.0 Å². The molecule has 0 aromatic heterocycles. The van der Waals surface area contributed by atoms with Gasteiger partial charge in [0.2, 0.25) is 5.91 Å². The maximum Gasteiger partial charge on any atom is 0.417 e. The molecule has 1 aromatic rings. The molecular weight excluding hydrogens is 266 g/mol. The Kier molecular flexibility index (Phi) is 4.08. The zero-order valence-corrected chi connectivity index (χ0v) is 13.3. The molecule has 1 aliphatic heterocycles. The third kappa shape index (κ3) is 2.80. The summed E-state index contributed by atoms with van der Waals surface area (Å²) in [7, 11) is 0. The number of carbonyl (C=O) groups excluding carboxylic acids is 2. The fourth-order valence-electron chi connectivity index (χ4n) is 3.18. The molecule has 1 aliphatic rings. The molecule has 0 bridgehead atoms. The molecule has 2 atom stereocenters. The van der Waals surface area contributed by atoms with Gasteiger partial charge in [-0.1, -0.05) is 44.2 Å². The van der Waals surface area contributed by atoms with Crippen molar-refractivity contribution in [2.45, 2.75) is 52.2 Å². The Balaban J connectivity index is 2.31. The van der Waals surface area contributed by atoms with E-state index < -0.39 is 11.7 Å². The Bertz CT molecular complexity index is 536. The van der Waals surface area contributed by atoms with Gasteiger partial charge in [0.05, 0.1) is 12.0 Å². The molecule has 114 valence electrons. The molecule has 4 heteroatoms. The molecule has 2 amide bonds. The van der Waals surface area contributed by atoms with Gasteiger partial charge >= 0.3 is 6.09 Å². The van der Waals surface area contributed by atoms with Crippen molar-refractivity contribution in [1.82, 2.24) is 4.90 Å². The second-order valence-electron chi connectivity index (χ2n) is 6.50. The van der Waals surface area contributed by atoms with Crippen LogP contribution in [0.5, 0.6) is 0 Å². The van der Waals surface area contributed by atoms with Crippen LogP contribution in [0.4, 0.5) is 4.79 Å². The summed E-state index contributed by atoms with van der Waals surface area (Å²) >= 11 is 0. The molecule has 0 saturated carbocycles. The maximum atomic E-state index is 12.8. The van der Waals surface area contributed by atoms with Gasteiger partial charge in [0, 0.05) is 0 Å². The average Bonchev–Trinajstić information content (AvgIpc) is 2.67. The summed E-state index contributed by atoms with van der Waals surface area (Å²) in [6, 6.07) is 9.25. The molecule has 0 N–H and O–H groups in total. The Morgan fingerprint density at radius 2 is 1.76 bits per heavy atom. The number of amides is 2. The normalized spacial score (nSPS) is 22.3. The third-order valence-corrected chi connectivity index (χ3v) is 4.08. The first kappa shape index (κ1) is 15.5. The molecule has 4 nitrogen and oxygen atoms in total. The number of rotatable bonds is 3. The van der Waals surface area contributed by atoms with Crippen LogP contribution < -0.4 is 0 Å². The van der Waals surface area contributed by atoms with Crippen LogP contribution >= 0.6 is 0 Å². The Hall–Kier alpha value is -1.84. The van der Waals surface area contributed by atoms with Crippen LogP contribution in [-0.2, 0) is 9.53 Å². The van der Waals surface area contributed by atoms with E-state index in [1.54, 1.807) is 0 Å². The van der Waals surface area contributed by atoms with Crippen LogP contribution in [0, 0.1) is 5.92 Å². The maximum absolute atomic E-state index is 12.8. The zero-order chi connectivity index (χ0) is 15.8. The van der Waals surface area contributed by atoms with E-state index in [0.717, 1.165) is 5.56 Å². The zero-order valence-electron chi connectivity index (χ0n) is 13.3. The lowest BCUT2D eigenvalue weighted by Crippen LogP contribution is -2.49. The summed E-state index contributed by atoms with van der Waals surface area (Å²) in [5.41, 5.74) is 0.250.